The van der Waals surface area contributed by atoms with E-state index < -0.39 is 5.97 Å². The number of aliphatic carboxylic acids is 1. The van der Waals surface area contributed by atoms with Crippen LogP contribution in [0.25, 0.3) is 0 Å². The van der Waals surface area contributed by atoms with Gasteiger partial charge in [-0.3, -0.25) is 14.4 Å². The monoisotopic (exact) mass is 286 g/mol. The summed E-state index contributed by atoms with van der Waals surface area (Å²) in [5.41, 5.74) is 0. The normalized spacial score (nSPS) is 15.9. The molecule has 7 heteroatoms. The van der Waals surface area contributed by atoms with Gasteiger partial charge >= 0.3 is 5.97 Å². The third-order valence-corrected chi connectivity index (χ3v) is 3.18. The lowest BCUT2D eigenvalue weighted by Gasteiger charge is -2.32. The van der Waals surface area contributed by atoms with Crippen molar-refractivity contribution in [2.45, 2.75) is 38.7 Å². The van der Waals surface area contributed by atoms with Gasteiger partial charge in [0, 0.05) is 33.0 Å². The number of carboxylic acid groups (broad SMARTS) is 1. The molecule has 0 radical (unpaired) electrons. The van der Waals surface area contributed by atoms with Crippen LogP contribution < -0.4 is 5.32 Å². The summed E-state index contributed by atoms with van der Waals surface area (Å²) in [5, 5.41) is 11.1. The van der Waals surface area contributed by atoms with Crippen LogP contribution in [-0.2, 0) is 19.1 Å². The summed E-state index contributed by atoms with van der Waals surface area (Å²) in [7, 11) is 0. The predicted molar refractivity (Wildman–Crippen MR) is 71.1 cm³/mol. The number of piperidine rings is 1. The Hall–Kier alpha value is -1.63. The van der Waals surface area contributed by atoms with E-state index in [-0.39, 0.29) is 30.9 Å². The Labute approximate surface area is 118 Å². The van der Waals surface area contributed by atoms with E-state index in [1.165, 1.54) is 6.92 Å². The molecule has 0 aromatic heterocycles. The molecule has 1 fully saturated rings. The zero-order valence-corrected chi connectivity index (χ0v) is 11.8. The van der Waals surface area contributed by atoms with Crippen LogP contribution in [0.3, 0.4) is 0 Å². The molecule has 0 atom stereocenters. The third-order valence-electron chi connectivity index (χ3n) is 3.18. The fourth-order valence-corrected chi connectivity index (χ4v) is 2.09. The van der Waals surface area contributed by atoms with Crippen LogP contribution in [-0.4, -0.2) is 60.1 Å². The van der Waals surface area contributed by atoms with E-state index >= 15 is 0 Å². The van der Waals surface area contributed by atoms with Crippen LogP contribution in [0.2, 0.25) is 0 Å². The number of carbonyl (C=O) groups is 3. The smallest absolute Gasteiger partial charge is 0.305 e. The van der Waals surface area contributed by atoms with Gasteiger partial charge in [-0.25, -0.2) is 0 Å². The first-order chi connectivity index (χ1) is 9.49. The van der Waals surface area contributed by atoms with E-state index in [0.29, 0.717) is 26.1 Å². The maximum Gasteiger partial charge on any atom is 0.305 e. The lowest BCUT2D eigenvalue weighted by molar-refractivity contribution is -0.139. The van der Waals surface area contributed by atoms with Gasteiger partial charge in [0.15, 0.2) is 0 Å². The Morgan fingerprint density at radius 3 is 2.45 bits per heavy atom. The predicted octanol–water partition coefficient (Wildman–Crippen LogP) is -0.00510. The van der Waals surface area contributed by atoms with E-state index in [1.807, 2.05) is 0 Å². The summed E-state index contributed by atoms with van der Waals surface area (Å²) in [4.78, 5) is 34.7. The Balaban J connectivity index is 2.16. The van der Waals surface area contributed by atoms with Crippen molar-refractivity contribution < 1.29 is 24.2 Å². The molecule has 1 rings (SSSR count). The van der Waals surface area contributed by atoms with Gasteiger partial charge in [0.1, 0.15) is 0 Å². The van der Waals surface area contributed by atoms with Gasteiger partial charge in [0.25, 0.3) is 0 Å². The number of carbonyl (C=O) groups excluding carboxylic acids is 2. The molecule has 20 heavy (non-hydrogen) atoms. The summed E-state index contributed by atoms with van der Waals surface area (Å²) in [6.45, 7) is 3.25. The van der Waals surface area contributed by atoms with Gasteiger partial charge < -0.3 is 20.1 Å². The van der Waals surface area contributed by atoms with E-state index in [1.54, 1.807) is 4.90 Å². The lowest BCUT2D eigenvalue weighted by Crippen LogP contribution is -2.42. The number of amides is 2. The van der Waals surface area contributed by atoms with Crippen molar-refractivity contribution in [3.8, 4) is 0 Å². The van der Waals surface area contributed by atoms with Gasteiger partial charge in [0.05, 0.1) is 19.1 Å². The van der Waals surface area contributed by atoms with Crippen molar-refractivity contribution in [2.75, 3.05) is 26.2 Å². The van der Waals surface area contributed by atoms with E-state index in [9.17, 15) is 14.4 Å². The lowest BCUT2D eigenvalue weighted by atomic mass is 10.1. The van der Waals surface area contributed by atoms with E-state index in [0.717, 1.165) is 12.8 Å². The van der Waals surface area contributed by atoms with Crippen molar-refractivity contribution in [1.29, 1.82) is 0 Å². The standard InChI is InChI=1S/C13H22N2O5/c1-10(16)14-6-2-12(17)15-7-3-11(4-8-15)20-9-5-13(18)19/h11H,2-9H2,1H3,(H,14,16)(H,18,19). The fraction of sp³-hybridized carbons (Fsp3) is 0.769. The largest absolute Gasteiger partial charge is 0.481 e. The van der Waals surface area contributed by atoms with Crippen LogP contribution in [0.1, 0.15) is 32.6 Å². The minimum atomic E-state index is -0.865. The Morgan fingerprint density at radius 1 is 1.25 bits per heavy atom. The molecule has 114 valence electrons. The molecule has 0 aromatic carbocycles. The molecule has 2 amide bonds. The van der Waals surface area contributed by atoms with Gasteiger partial charge in [0.2, 0.25) is 11.8 Å². The summed E-state index contributed by atoms with van der Waals surface area (Å²) < 4.78 is 5.46. The molecule has 0 unspecified atom stereocenters. The molecule has 0 saturated carbocycles. The number of rotatable bonds is 7. The number of carboxylic acids is 1. The zero-order valence-electron chi connectivity index (χ0n) is 11.8. The first-order valence-electron chi connectivity index (χ1n) is 6.84. The van der Waals surface area contributed by atoms with Gasteiger partial charge in [-0.15, -0.1) is 0 Å². The van der Waals surface area contributed by atoms with Crippen LogP contribution in [0.15, 0.2) is 0 Å². The first kappa shape index (κ1) is 16.4. The maximum absolute atomic E-state index is 11.8. The molecular formula is C13H22N2O5. The topological polar surface area (TPSA) is 95.9 Å². The van der Waals surface area contributed by atoms with E-state index in [4.69, 9.17) is 9.84 Å². The number of ether oxygens (including phenoxy) is 1. The fourth-order valence-electron chi connectivity index (χ4n) is 2.09. The summed E-state index contributed by atoms with van der Waals surface area (Å²) in [6, 6.07) is 0. The molecule has 1 saturated heterocycles. The number of nitrogens with zero attached hydrogens (tertiary/aromatic N) is 1. The molecule has 0 aromatic rings. The average molecular weight is 286 g/mol. The van der Waals surface area contributed by atoms with Gasteiger partial charge in [-0.1, -0.05) is 0 Å². The Morgan fingerprint density at radius 2 is 1.90 bits per heavy atom. The molecule has 0 aliphatic carbocycles. The second-order valence-electron chi connectivity index (χ2n) is 4.83. The molecular weight excluding hydrogens is 264 g/mol. The highest BCUT2D eigenvalue weighted by molar-refractivity contribution is 5.78. The summed E-state index contributed by atoms with van der Waals surface area (Å²) >= 11 is 0. The zero-order chi connectivity index (χ0) is 15.0. The molecule has 1 heterocycles. The Bertz CT molecular complexity index is 351. The van der Waals surface area contributed by atoms with Crippen molar-refractivity contribution in [1.82, 2.24) is 10.2 Å². The maximum atomic E-state index is 11.8. The molecule has 7 nitrogen and oxygen atoms in total. The average Bonchev–Trinajstić information content (AvgIpc) is 2.38. The van der Waals surface area contributed by atoms with Gasteiger partial charge in [-0.2, -0.15) is 0 Å². The van der Waals surface area contributed by atoms with Crippen LogP contribution >= 0.6 is 0 Å². The first-order valence-corrected chi connectivity index (χ1v) is 6.84. The number of nitrogens with one attached hydrogen (secondary N) is 1. The summed E-state index contributed by atoms with van der Waals surface area (Å²) in [5.74, 6) is -0.971. The number of hydrogen-bond acceptors (Lipinski definition) is 4. The molecule has 1 aliphatic rings. The van der Waals surface area contributed by atoms with Crippen molar-refractivity contribution in [3.63, 3.8) is 0 Å². The van der Waals surface area contributed by atoms with Gasteiger partial charge in [-0.05, 0) is 12.8 Å². The Kier molecular flexibility index (Phi) is 7.00. The van der Waals surface area contributed by atoms with Crippen molar-refractivity contribution in [2.24, 2.45) is 0 Å². The summed E-state index contributed by atoms with van der Waals surface area (Å²) in [6.07, 6.45) is 1.81. The molecule has 1 aliphatic heterocycles. The quantitative estimate of drug-likeness (QED) is 0.686. The number of hydrogen-bond donors (Lipinski definition) is 2. The number of likely N-dealkylation sites (tertiary alicyclic amines) is 1. The third kappa shape index (κ3) is 6.51. The van der Waals surface area contributed by atoms with Crippen LogP contribution in [0.4, 0.5) is 0 Å². The van der Waals surface area contributed by atoms with Crippen LogP contribution in [0.5, 0.6) is 0 Å². The van der Waals surface area contributed by atoms with Crippen molar-refractivity contribution >= 4 is 17.8 Å². The van der Waals surface area contributed by atoms with E-state index in [2.05, 4.69) is 5.32 Å². The highest BCUT2D eigenvalue weighted by Gasteiger charge is 2.22. The highest BCUT2D eigenvalue weighted by atomic mass is 16.5. The molecule has 0 spiro atoms. The van der Waals surface area contributed by atoms with Crippen LogP contribution in [0, 0.1) is 0 Å². The second kappa shape index (κ2) is 8.52. The molecule has 2 N–H and O–H groups in total. The molecule has 0 bridgehead atoms. The minimum Gasteiger partial charge on any atom is -0.481 e. The highest BCUT2D eigenvalue weighted by Crippen LogP contribution is 2.14. The second-order valence-corrected chi connectivity index (χ2v) is 4.83. The van der Waals surface area contributed by atoms with Crippen molar-refractivity contribution in [3.05, 3.63) is 0 Å². The minimum absolute atomic E-state index is 0.00978. The SMILES string of the molecule is CC(=O)NCCC(=O)N1CCC(OCCC(=O)O)CC1.